The Kier molecular flexibility index (Phi) is 7.84. The number of hydrogen-bond donors (Lipinski definition) is 2. The van der Waals surface area contributed by atoms with Gasteiger partial charge in [-0.3, -0.25) is 4.79 Å². The van der Waals surface area contributed by atoms with Gasteiger partial charge in [0.05, 0.1) is 13.1 Å². The van der Waals surface area contributed by atoms with Crippen LogP contribution in [0.15, 0.2) is 29.3 Å². The molecule has 0 aliphatic carbocycles. The second-order valence-corrected chi connectivity index (χ2v) is 5.48. The van der Waals surface area contributed by atoms with Gasteiger partial charge in [-0.15, -0.1) is 0 Å². The van der Waals surface area contributed by atoms with Gasteiger partial charge in [0.2, 0.25) is 5.91 Å². The summed E-state index contributed by atoms with van der Waals surface area (Å²) in [6.07, 6.45) is -4.42. The molecule has 1 aromatic carbocycles. The highest BCUT2D eigenvalue weighted by Crippen LogP contribution is 2.15. The molecule has 1 rings (SSSR count). The normalized spacial score (nSPS) is 12.0. The average Bonchev–Trinajstić information content (AvgIpc) is 2.49. The molecule has 0 heterocycles. The summed E-state index contributed by atoms with van der Waals surface area (Å²) >= 11 is 5.80. The highest BCUT2D eigenvalue weighted by molar-refractivity contribution is 6.30. The molecule has 0 spiro atoms. The Bertz CT molecular complexity index is 561. The van der Waals surface area contributed by atoms with E-state index in [0.29, 0.717) is 29.0 Å². The van der Waals surface area contributed by atoms with Crippen molar-refractivity contribution in [3.8, 4) is 0 Å². The number of rotatable bonds is 6. The third-order valence-corrected chi connectivity index (χ3v) is 3.18. The molecule has 0 fully saturated rings. The second kappa shape index (κ2) is 9.36. The Morgan fingerprint density at radius 2 is 1.88 bits per heavy atom. The minimum Gasteiger partial charge on any atom is -0.357 e. The van der Waals surface area contributed by atoms with Crippen molar-refractivity contribution >= 4 is 23.5 Å². The molecule has 0 aliphatic heterocycles. The number of aliphatic imine (C=N–C) groups is 1. The quantitative estimate of drug-likeness (QED) is 0.602. The number of amides is 1. The Morgan fingerprint density at radius 3 is 2.42 bits per heavy atom. The first kappa shape index (κ1) is 20.1. The average molecular weight is 365 g/mol. The smallest absolute Gasteiger partial charge is 0.357 e. The molecule has 5 nitrogen and oxygen atoms in total. The standard InChI is InChI=1S/C15H20ClF3N4O/c1-3-20-14(21-8-11-4-6-12(16)7-5-11)22-9-13(24)23(2)10-15(17,18)19/h4-7H,3,8-10H2,1-2H3,(H2,20,21,22). The highest BCUT2D eigenvalue weighted by atomic mass is 35.5. The van der Waals surface area contributed by atoms with E-state index in [0.717, 1.165) is 12.6 Å². The number of carbonyl (C=O) groups is 1. The maximum atomic E-state index is 12.3. The predicted molar refractivity (Wildman–Crippen MR) is 88.0 cm³/mol. The van der Waals surface area contributed by atoms with Gasteiger partial charge in [-0.1, -0.05) is 23.7 Å². The molecule has 134 valence electrons. The van der Waals surface area contributed by atoms with Crippen LogP contribution in [-0.2, 0) is 11.3 Å². The van der Waals surface area contributed by atoms with Crippen LogP contribution in [0.2, 0.25) is 5.02 Å². The number of hydrogen-bond acceptors (Lipinski definition) is 2. The van der Waals surface area contributed by atoms with Gasteiger partial charge in [-0.2, -0.15) is 13.2 Å². The second-order valence-electron chi connectivity index (χ2n) is 5.04. The zero-order valence-corrected chi connectivity index (χ0v) is 14.2. The van der Waals surface area contributed by atoms with E-state index in [2.05, 4.69) is 15.6 Å². The topological polar surface area (TPSA) is 56.7 Å². The van der Waals surface area contributed by atoms with Crippen molar-refractivity contribution < 1.29 is 18.0 Å². The van der Waals surface area contributed by atoms with Crippen LogP contribution in [0, 0.1) is 0 Å². The van der Waals surface area contributed by atoms with E-state index in [9.17, 15) is 18.0 Å². The molecule has 0 radical (unpaired) electrons. The van der Waals surface area contributed by atoms with E-state index in [4.69, 9.17) is 11.6 Å². The summed E-state index contributed by atoms with van der Waals surface area (Å²) in [6, 6.07) is 7.11. The number of nitrogens with one attached hydrogen (secondary N) is 2. The van der Waals surface area contributed by atoms with Gasteiger partial charge in [-0.25, -0.2) is 4.99 Å². The van der Waals surface area contributed by atoms with Crippen LogP contribution >= 0.6 is 11.6 Å². The van der Waals surface area contributed by atoms with Gasteiger partial charge < -0.3 is 15.5 Å². The Balaban J connectivity index is 2.57. The van der Waals surface area contributed by atoms with E-state index in [1.807, 2.05) is 19.1 Å². The summed E-state index contributed by atoms with van der Waals surface area (Å²) in [6.45, 7) is 1.18. The lowest BCUT2D eigenvalue weighted by atomic mass is 10.2. The molecule has 0 bridgehead atoms. The fourth-order valence-corrected chi connectivity index (χ4v) is 1.88. The molecule has 0 aliphatic rings. The third kappa shape index (κ3) is 8.05. The molecular formula is C15H20ClF3N4O. The van der Waals surface area contributed by atoms with Crippen molar-refractivity contribution in [2.75, 3.05) is 26.7 Å². The van der Waals surface area contributed by atoms with Crippen LogP contribution in [0.25, 0.3) is 0 Å². The number of benzene rings is 1. The number of guanidine groups is 1. The van der Waals surface area contributed by atoms with Crippen LogP contribution in [0.3, 0.4) is 0 Å². The number of halogens is 4. The zero-order chi connectivity index (χ0) is 18.2. The molecule has 0 aromatic heterocycles. The Labute approximate surface area is 143 Å². The molecule has 1 amide bonds. The van der Waals surface area contributed by atoms with Crippen molar-refractivity contribution in [2.45, 2.75) is 19.6 Å². The van der Waals surface area contributed by atoms with Gasteiger partial charge in [0.15, 0.2) is 5.96 Å². The molecule has 0 atom stereocenters. The van der Waals surface area contributed by atoms with Gasteiger partial charge in [-0.05, 0) is 24.6 Å². The lowest BCUT2D eigenvalue weighted by Crippen LogP contribution is -2.45. The van der Waals surface area contributed by atoms with Crippen molar-refractivity contribution in [2.24, 2.45) is 4.99 Å². The molecule has 0 saturated carbocycles. The third-order valence-electron chi connectivity index (χ3n) is 2.93. The summed E-state index contributed by atoms with van der Waals surface area (Å²) in [5.74, 6) is -0.328. The summed E-state index contributed by atoms with van der Waals surface area (Å²) in [5.41, 5.74) is 0.914. The molecular weight excluding hydrogens is 345 g/mol. The molecule has 1 aromatic rings. The van der Waals surface area contributed by atoms with Crippen LogP contribution in [0.4, 0.5) is 13.2 Å². The summed E-state index contributed by atoms with van der Waals surface area (Å²) in [7, 11) is 1.11. The monoisotopic (exact) mass is 364 g/mol. The lowest BCUT2D eigenvalue weighted by Gasteiger charge is -2.20. The van der Waals surface area contributed by atoms with Crippen LogP contribution in [0.1, 0.15) is 12.5 Å². The van der Waals surface area contributed by atoms with Gasteiger partial charge >= 0.3 is 6.18 Å². The number of likely N-dealkylation sites (N-methyl/N-ethyl adjacent to an activating group) is 1. The SMILES string of the molecule is CCNC(=NCc1ccc(Cl)cc1)NCC(=O)N(C)CC(F)(F)F. The van der Waals surface area contributed by atoms with Crippen molar-refractivity contribution in [3.05, 3.63) is 34.9 Å². The van der Waals surface area contributed by atoms with E-state index in [1.54, 1.807) is 12.1 Å². The van der Waals surface area contributed by atoms with Crippen LogP contribution < -0.4 is 10.6 Å². The van der Waals surface area contributed by atoms with Crippen LogP contribution in [-0.4, -0.2) is 49.6 Å². The molecule has 0 unspecified atom stereocenters. The first-order valence-corrected chi connectivity index (χ1v) is 7.66. The summed E-state index contributed by atoms with van der Waals surface area (Å²) in [5, 5.41) is 6.27. The van der Waals surface area contributed by atoms with Gasteiger partial charge in [0.1, 0.15) is 6.54 Å². The Hall–Kier alpha value is -1.96. The zero-order valence-electron chi connectivity index (χ0n) is 13.5. The number of nitrogens with zero attached hydrogens (tertiary/aromatic N) is 2. The van der Waals surface area contributed by atoms with Crippen LogP contribution in [0.5, 0.6) is 0 Å². The van der Waals surface area contributed by atoms with E-state index in [1.165, 1.54) is 0 Å². The lowest BCUT2D eigenvalue weighted by molar-refractivity contribution is -0.157. The minimum atomic E-state index is -4.42. The van der Waals surface area contributed by atoms with Crippen molar-refractivity contribution in [1.82, 2.24) is 15.5 Å². The Morgan fingerprint density at radius 1 is 1.25 bits per heavy atom. The maximum Gasteiger partial charge on any atom is 0.406 e. The fraction of sp³-hybridized carbons (Fsp3) is 0.467. The van der Waals surface area contributed by atoms with E-state index >= 15 is 0 Å². The molecule has 9 heteroatoms. The minimum absolute atomic E-state index is 0.279. The van der Waals surface area contributed by atoms with E-state index < -0.39 is 18.6 Å². The number of alkyl halides is 3. The largest absolute Gasteiger partial charge is 0.406 e. The predicted octanol–water partition coefficient (Wildman–Crippen LogP) is 2.42. The van der Waals surface area contributed by atoms with Gasteiger partial charge in [0, 0.05) is 18.6 Å². The number of carbonyl (C=O) groups excluding carboxylic acids is 1. The first-order chi connectivity index (χ1) is 11.2. The highest BCUT2D eigenvalue weighted by Gasteiger charge is 2.31. The first-order valence-electron chi connectivity index (χ1n) is 7.28. The summed E-state index contributed by atoms with van der Waals surface area (Å²) in [4.78, 5) is 16.6. The van der Waals surface area contributed by atoms with Gasteiger partial charge in [0.25, 0.3) is 0 Å². The fourth-order valence-electron chi connectivity index (χ4n) is 1.75. The molecule has 24 heavy (non-hydrogen) atoms. The maximum absolute atomic E-state index is 12.3. The summed E-state index contributed by atoms with van der Waals surface area (Å²) < 4.78 is 36.8. The van der Waals surface area contributed by atoms with Crippen molar-refractivity contribution in [3.63, 3.8) is 0 Å². The molecule has 2 N–H and O–H groups in total. The molecule has 0 saturated heterocycles. The van der Waals surface area contributed by atoms with E-state index in [-0.39, 0.29) is 6.54 Å². The van der Waals surface area contributed by atoms with Crippen molar-refractivity contribution in [1.29, 1.82) is 0 Å².